The molecule has 0 unspecified atom stereocenters. The number of halogens is 1. The van der Waals surface area contributed by atoms with Crippen LogP contribution in [0.2, 0.25) is 0 Å². The zero-order valence-electron chi connectivity index (χ0n) is 20.4. The molecule has 34 heavy (non-hydrogen) atoms. The number of amides is 2. The number of hydrogen-bond donors (Lipinski definition) is 2. The van der Waals surface area contributed by atoms with Crippen LogP contribution >= 0.6 is 0 Å². The van der Waals surface area contributed by atoms with E-state index in [9.17, 15) is 14.0 Å². The van der Waals surface area contributed by atoms with Gasteiger partial charge in [-0.25, -0.2) is 9.18 Å². The first kappa shape index (κ1) is 24.2. The van der Waals surface area contributed by atoms with Crippen molar-refractivity contribution in [2.75, 3.05) is 0 Å². The molecule has 2 aliphatic rings. The summed E-state index contributed by atoms with van der Waals surface area (Å²) in [5.74, 6) is -0.0411. The van der Waals surface area contributed by atoms with Crippen LogP contribution in [0.4, 0.5) is 9.18 Å². The van der Waals surface area contributed by atoms with Crippen LogP contribution in [0.3, 0.4) is 0 Å². The Morgan fingerprint density at radius 3 is 2.68 bits per heavy atom. The number of nitrogens with zero attached hydrogens (tertiary/aromatic N) is 2. The number of piperidine rings is 1. The summed E-state index contributed by atoms with van der Waals surface area (Å²) in [6.45, 7) is 8.99. The highest BCUT2D eigenvalue weighted by atomic mass is 19.1. The van der Waals surface area contributed by atoms with E-state index in [0.717, 1.165) is 24.8 Å². The topological polar surface area (TPSA) is 111 Å². The predicted octanol–water partition coefficient (Wildman–Crippen LogP) is 3.83. The molecule has 0 spiro atoms. The summed E-state index contributed by atoms with van der Waals surface area (Å²) in [6.07, 6.45) is 1.37. The molecule has 1 aromatic carbocycles. The molecule has 1 aliphatic carbocycles. The molecule has 8 nitrogen and oxygen atoms in total. The lowest BCUT2D eigenvalue weighted by Gasteiger charge is -2.36. The first-order chi connectivity index (χ1) is 15.9. The standard InChI is InChI=1S/C25H33FN4O4/c1-13-21(14(2)34-29-13)16-7-6-15(19(26)11-16)12-20(27)28-23(31)22-17-8-9-18(10-17)30(22)24(32)33-25(3,4)5/h6-7,11,17-18,20,22H,8-10,12,27H2,1-5H3,(H,28,31)/t17-,18+,20-,22-/m0/s1. The van der Waals surface area contributed by atoms with Crippen molar-refractivity contribution in [2.45, 2.75) is 84.2 Å². The molecule has 1 saturated heterocycles. The van der Waals surface area contributed by atoms with Gasteiger partial charge in [0.05, 0.1) is 11.9 Å². The Labute approximate surface area is 199 Å². The van der Waals surface area contributed by atoms with E-state index in [1.165, 1.54) is 6.07 Å². The van der Waals surface area contributed by atoms with E-state index in [4.69, 9.17) is 15.0 Å². The van der Waals surface area contributed by atoms with Gasteiger partial charge in [0.1, 0.15) is 23.2 Å². The molecule has 2 amide bonds. The van der Waals surface area contributed by atoms with Crippen LogP contribution in [0.15, 0.2) is 22.7 Å². The number of carbonyl (C=O) groups excluding carboxylic acids is 2. The Morgan fingerprint density at radius 1 is 1.32 bits per heavy atom. The Bertz CT molecular complexity index is 1070. The average molecular weight is 473 g/mol. The Kier molecular flexibility index (Phi) is 6.42. The molecular weight excluding hydrogens is 439 g/mol. The number of rotatable bonds is 5. The van der Waals surface area contributed by atoms with Gasteiger partial charge in [-0.2, -0.15) is 0 Å². The molecule has 4 rings (SSSR count). The fraction of sp³-hybridized carbons (Fsp3) is 0.560. The van der Waals surface area contributed by atoms with Gasteiger partial charge in [-0.15, -0.1) is 0 Å². The van der Waals surface area contributed by atoms with Gasteiger partial charge in [-0.05, 0) is 77.0 Å². The number of aryl methyl sites for hydroxylation is 2. The smallest absolute Gasteiger partial charge is 0.411 e. The fourth-order valence-corrected chi connectivity index (χ4v) is 5.22. The van der Waals surface area contributed by atoms with Crippen LogP contribution in [0, 0.1) is 25.6 Å². The highest BCUT2D eigenvalue weighted by Crippen LogP contribution is 2.43. The second-order valence-electron chi connectivity index (χ2n) is 10.4. The van der Waals surface area contributed by atoms with Gasteiger partial charge in [0.25, 0.3) is 0 Å². The maximum Gasteiger partial charge on any atom is 0.411 e. The lowest BCUT2D eigenvalue weighted by molar-refractivity contribution is -0.128. The number of aromatic nitrogens is 1. The third-order valence-electron chi connectivity index (χ3n) is 6.60. The number of ether oxygens (including phenoxy) is 1. The molecule has 2 aromatic rings. The summed E-state index contributed by atoms with van der Waals surface area (Å²) in [4.78, 5) is 27.5. The number of nitrogens with two attached hydrogens (primary N) is 1. The van der Waals surface area contributed by atoms with E-state index >= 15 is 0 Å². The van der Waals surface area contributed by atoms with Crippen molar-refractivity contribution in [1.82, 2.24) is 15.4 Å². The van der Waals surface area contributed by atoms with Crippen molar-refractivity contribution in [2.24, 2.45) is 11.7 Å². The monoisotopic (exact) mass is 472 g/mol. The van der Waals surface area contributed by atoms with E-state index in [0.29, 0.717) is 22.6 Å². The number of benzene rings is 1. The zero-order valence-corrected chi connectivity index (χ0v) is 20.4. The maximum atomic E-state index is 14.9. The maximum absolute atomic E-state index is 14.9. The summed E-state index contributed by atoms with van der Waals surface area (Å²) in [5, 5.41) is 6.70. The summed E-state index contributed by atoms with van der Waals surface area (Å²) in [6, 6.07) is 4.26. The molecule has 1 aliphatic heterocycles. The second-order valence-corrected chi connectivity index (χ2v) is 10.4. The zero-order chi connectivity index (χ0) is 24.8. The summed E-state index contributed by atoms with van der Waals surface area (Å²) >= 11 is 0. The van der Waals surface area contributed by atoms with Crippen LogP contribution in [-0.4, -0.2) is 45.9 Å². The summed E-state index contributed by atoms with van der Waals surface area (Å²) in [7, 11) is 0. The molecule has 0 radical (unpaired) electrons. The highest BCUT2D eigenvalue weighted by Gasteiger charge is 2.52. The lowest BCUT2D eigenvalue weighted by atomic mass is 9.97. The van der Waals surface area contributed by atoms with Crippen molar-refractivity contribution >= 4 is 12.0 Å². The first-order valence-electron chi connectivity index (χ1n) is 11.7. The average Bonchev–Trinajstić information content (AvgIpc) is 3.43. The number of fused-ring (bicyclic) bond motifs is 2. The first-order valence-corrected chi connectivity index (χ1v) is 11.7. The second kappa shape index (κ2) is 9.02. The summed E-state index contributed by atoms with van der Waals surface area (Å²) < 4.78 is 25.6. The molecule has 2 heterocycles. The lowest BCUT2D eigenvalue weighted by Crippen LogP contribution is -2.57. The van der Waals surface area contributed by atoms with Gasteiger partial charge in [0.15, 0.2) is 0 Å². The Hall–Kier alpha value is -2.94. The van der Waals surface area contributed by atoms with Gasteiger partial charge >= 0.3 is 6.09 Å². The largest absolute Gasteiger partial charge is 0.444 e. The molecular formula is C25H33FN4O4. The van der Waals surface area contributed by atoms with Crippen molar-refractivity contribution in [3.63, 3.8) is 0 Å². The SMILES string of the molecule is Cc1noc(C)c1-c1ccc(C[C@@H](N)NC(=O)[C@@H]2[C@H]3CC[C@H](C3)N2C(=O)OC(C)(C)C)c(F)c1. The third kappa shape index (κ3) is 4.80. The number of nitrogens with one attached hydrogen (secondary N) is 1. The van der Waals surface area contributed by atoms with Crippen LogP contribution in [0.5, 0.6) is 0 Å². The minimum absolute atomic E-state index is 0.00105. The Balaban J connectivity index is 1.43. The molecule has 184 valence electrons. The van der Waals surface area contributed by atoms with Gasteiger partial charge in [0, 0.05) is 18.0 Å². The molecule has 1 aromatic heterocycles. The third-order valence-corrected chi connectivity index (χ3v) is 6.60. The van der Waals surface area contributed by atoms with Crippen LogP contribution in [-0.2, 0) is 16.0 Å². The highest BCUT2D eigenvalue weighted by molar-refractivity contribution is 5.87. The van der Waals surface area contributed by atoms with Crippen molar-refractivity contribution in [1.29, 1.82) is 0 Å². The van der Waals surface area contributed by atoms with Crippen molar-refractivity contribution in [3.8, 4) is 11.1 Å². The molecule has 2 fully saturated rings. The minimum atomic E-state index is -0.800. The van der Waals surface area contributed by atoms with E-state index in [1.54, 1.807) is 51.7 Å². The number of likely N-dealkylation sites (tertiary alicyclic amines) is 1. The van der Waals surface area contributed by atoms with Gasteiger partial charge in [-0.3, -0.25) is 9.69 Å². The molecule has 4 atom stereocenters. The van der Waals surface area contributed by atoms with E-state index < -0.39 is 29.7 Å². The Morgan fingerprint density at radius 2 is 2.06 bits per heavy atom. The van der Waals surface area contributed by atoms with Crippen molar-refractivity contribution < 1.29 is 23.2 Å². The van der Waals surface area contributed by atoms with E-state index in [2.05, 4.69) is 10.5 Å². The normalized spacial score (nSPS) is 22.7. The van der Waals surface area contributed by atoms with Crippen LogP contribution < -0.4 is 11.1 Å². The molecule has 1 saturated carbocycles. The number of hydrogen-bond acceptors (Lipinski definition) is 6. The predicted molar refractivity (Wildman–Crippen MR) is 124 cm³/mol. The molecule has 2 bridgehead atoms. The fourth-order valence-electron chi connectivity index (χ4n) is 5.22. The summed E-state index contributed by atoms with van der Waals surface area (Å²) in [5.41, 5.74) is 8.05. The van der Waals surface area contributed by atoms with Gasteiger partial charge in [0.2, 0.25) is 5.91 Å². The molecule has 9 heteroatoms. The van der Waals surface area contributed by atoms with E-state index in [1.807, 2.05) is 0 Å². The van der Waals surface area contributed by atoms with Gasteiger partial charge < -0.3 is 20.3 Å². The quantitative estimate of drug-likeness (QED) is 0.640. The van der Waals surface area contributed by atoms with Crippen LogP contribution in [0.25, 0.3) is 11.1 Å². The number of carbonyl (C=O) groups is 2. The molecule has 3 N–H and O–H groups in total. The van der Waals surface area contributed by atoms with E-state index in [-0.39, 0.29) is 24.3 Å². The van der Waals surface area contributed by atoms with Crippen molar-refractivity contribution in [3.05, 3.63) is 41.0 Å². The van der Waals surface area contributed by atoms with Gasteiger partial charge in [-0.1, -0.05) is 17.3 Å². The van der Waals surface area contributed by atoms with Crippen LogP contribution in [0.1, 0.15) is 57.1 Å². The minimum Gasteiger partial charge on any atom is -0.444 e.